The van der Waals surface area contributed by atoms with E-state index in [0.717, 1.165) is 12.8 Å². The third kappa shape index (κ3) is 3.30. The second-order valence-electron chi connectivity index (χ2n) is 5.13. The molecule has 3 N–H and O–H groups in total. The molecule has 0 saturated carbocycles. The van der Waals surface area contributed by atoms with Crippen molar-refractivity contribution in [3.05, 3.63) is 18.2 Å². The molecule has 1 aromatic carbocycles. The zero-order chi connectivity index (χ0) is 15.5. The Kier molecular flexibility index (Phi) is 4.75. The Bertz CT molecular complexity index is 597. The lowest BCUT2D eigenvalue weighted by molar-refractivity contribution is 0.0670. The van der Waals surface area contributed by atoms with Crippen LogP contribution in [-0.2, 0) is 10.0 Å². The number of ether oxygens (including phenoxy) is 1. The summed E-state index contributed by atoms with van der Waals surface area (Å²) in [6, 6.07) is 4.75. The van der Waals surface area contributed by atoms with Gasteiger partial charge in [-0.1, -0.05) is 13.8 Å². The quantitative estimate of drug-likeness (QED) is 0.737. The Hall–Kier alpha value is -1.31. The van der Waals surface area contributed by atoms with Crippen LogP contribution in [0.15, 0.2) is 23.1 Å². The number of rotatable bonds is 6. The summed E-state index contributed by atoms with van der Waals surface area (Å²) in [7, 11) is -3.60. The third-order valence-electron chi connectivity index (χ3n) is 3.88. The second-order valence-corrected chi connectivity index (χ2v) is 6.89. The smallest absolute Gasteiger partial charge is 0.240 e. The predicted molar refractivity (Wildman–Crippen MR) is 81.1 cm³/mol. The van der Waals surface area contributed by atoms with Crippen molar-refractivity contribution in [3.8, 4) is 5.75 Å². The Labute approximate surface area is 125 Å². The zero-order valence-corrected chi connectivity index (χ0v) is 13.2. The first-order valence-electron chi connectivity index (χ1n) is 7.14. The van der Waals surface area contributed by atoms with Gasteiger partial charge in [-0.3, -0.25) is 0 Å². The second kappa shape index (κ2) is 6.21. The van der Waals surface area contributed by atoms with E-state index in [0.29, 0.717) is 18.0 Å². The molecule has 1 aliphatic rings. The summed E-state index contributed by atoms with van der Waals surface area (Å²) >= 11 is 0. The Morgan fingerprint density at radius 3 is 2.71 bits per heavy atom. The first kappa shape index (κ1) is 16.1. The topological polar surface area (TPSA) is 87.7 Å². The van der Waals surface area contributed by atoms with E-state index < -0.39 is 10.0 Å². The standard InChI is InChI=1S/C14H22N2O4S/c1-3-14(4-2)10-15-12-9-11(5-6-13(12)20-14)21(18,19)16-7-8-17/h5-6,9,15-17H,3-4,7-8,10H2,1-2H3. The molecule has 0 atom stereocenters. The lowest BCUT2D eigenvalue weighted by Gasteiger charge is -2.38. The summed E-state index contributed by atoms with van der Waals surface area (Å²) in [4.78, 5) is 0.159. The van der Waals surface area contributed by atoms with E-state index in [4.69, 9.17) is 9.84 Å². The zero-order valence-electron chi connectivity index (χ0n) is 12.3. The fourth-order valence-electron chi connectivity index (χ4n) is 2.34. The highest BCUT2D eigenvalue weighted by atomic mass is 32.2. The van der Waals surface area contributed by atoms with E-state index in [9.17, 15) is 8.42 Å². The Morgan fingerprint density at radius 1 is 1.38 bits per heavy atom. The Morgan fingerprint density at radius 2 is 2.10 bits per heavy atom. The Balaban J connectivity index is 2.26. The van der Waals surface area contributed by atoms with Crippen LogP contribution in [0.3, 0.4) is 0 Å². The highest BCUT2D eigenvalue weighted by Crippen LogP contribution is 2.37. The predicted octanol–water partition coefficient (Wildman–Crippen LogP) is 1.32. The van der Waals surface area contributed by atoms with Crippen molar-refractivity contribution in [1.82, 2.24) is 4.72 Å². The van der Waals surface area contributed by atoms with Crippen molar-refractivity contribution in [3.63, 3.8) is 0 Å². The van der Waals surface area contributed by atoms with Crippen molar-refractivity contribution in [1.29, 1.82) is 0 Å². The van der Waals surface area contributed by atoms with Crippen LogP contribution in [0.2, 0.25) is 0 Å². The van der Waals surface area contributed by atoms with Crippen LogP contribution in [-0.4, -0.2) is 38.8 Å². The van der Waals surface area contributed by atoms with Gasteiger partial charge in [-0.2, -0.15) is 0 Å². The van der Waals surface area contributed by atoms with Gasteiger partial charge < -0.3 is 15.2 Å². The minimum atomic E-state index is -3.60. The molecule has 0 fully saturated rings. The van der Waals surface area contributed by atoms with E-state index in [1.165, 1.54) is 6.07 Å². The number of nitrogens with one attached hydrogen (secondary N) is 2. The van der Waals surface area contributed by atoms with E-state index in [1.807, 2.05) is 0 Å². The van der Waals surface area contributed by atoms with E-state index >= 15 is 0 Å². The summed E-state index contributed by atoms with van der Waals surface area (Å²) in [6.07, 6.45) is 1.77. The lowest BCUT2D eigenvalue weighted by atomic mass is 9.95. The molecule has 6 nitrogen and oxygen atoms in total. The minimum Gasteiger partial charge on any atom is -0.483 e. The first-order valence-corrected chi connectivity index (χ1v) is 8.62. The van der Waals surface area contributed by atoms with E-state index in [2.05, 4.69) is 23.9 Å². The molecule has 0 aliphatic carbocycles. The van der Waals surface area contributed by atoms with Gasteiger partial charge in [0, 0.05) is 6.54 Å². The van der Waals surface area contributed by atoms with Crippen LogP contribution in [0.25, 0.3) is 0 Å². The number of hydrogen-bond acceptors (Lipinski definition) is 5. The molecule has 21 heavy (non-hydrogen) atoms. The number of benzene rings is 1. The molecule has 0 aromatic heterocycles. The number of aliphatic hydroxyl groups excluding tert-OH is 1. The monoisotopic (exact) mass is 314 g/mol. The first-order chi connectivity index (χ1) is 9.96. The van der Waals surface area contributed by atoms with Crippen LogP contribution in [0.5, 0.6) is 5.75 Å². The molecule has 0 spiro atoms. The molecule has 1 heterocycles. The summed E-state index contributed by atoms with van der Waals surface area (Å²) in [5.41, 5.74) is 0.446. The van der Waals surface area contributed by atoms with Crippen LogP contribution in [0, 0.1) is 0 Å². The van der Waals surface area contributed by atoms with Crippen molar-refractivity contribution in [2.75, 3.05) is 25.0 Å². The van der Waals surface area contributed by atoms with Crippen molar-refractivity contribution < 1.29 is 18.3 Å². The molecule has 0 amide bonds. The minimum absolute atomic E-state index is 0.00186. The van der Waals surface area contributed by atoms with Crippen LogP contribution in [0.4, 0.5) is 5.69 Å². The third-order valence-corrected chi connectivity index (χ3v) is 5.34. The van der Waals surface area contributed by atoms with Gasteiger partial charge in [-0.25, -0.2) is 13.1 Å². The number of anilines is 1. The molecule has 1 aliphatic heterocycles. The van der Waals surface area contributed by atoms with Crippen molar-refractivity contribution >= 4 is 15.7 Å². The average molecular weight is 314 g/mol. The maximum Gasteiger partial charge on any atom is 0.240 e. The van der Waals surface area contributed by atoms with Gasteiger partial charge in [-0.15, -0.1) is 0 Å². The molecule has 1 aromatic rings. The summed E-state index contributed by atoms with van der Waals surface area (Å²) in [5, 5.41) is 12.0. The SMILES string of the molecule is CCC1(CC)CNc2cc(S(=O)(=O)NCCO)ccc2O1. The largest absolute Gasteiger partial charge is 0.483 e. The number of aliphatic hydroxyl groups is 1. The molecule has 2 rings (SSSR count). The van der Waals surface area contributed by atoms with Gasteiger partial charge in [0.25, 0.3) is 0 Å². The molecule has 0 saturated heterocycles. The fraction of sp³-hybridized carbons (Fsp3) is 0.571. The molecule has 0 radical (unpaired) electrons. The maximum atomic E-state index is 12.0. The van der Waals surface area contributed by atoms with Crippen LogP contribution in [0.1, 0.15) is 26.7 Å². The lowest BCUT2D eigenvalue weighted by Crippen LogP contribution is -2.44. The van der Waals surface area contributed by atoms with Crippen molar-refractivity contribution in [2.45, 2.75) is 37.2 Å². The van der Waals surface area contributed by atoms with Gasteiger partial charge in [0.1, 0.15) is 11.4 Å². The average Bonchev–Trinajstić information content (AvgIpc) is 2.51. The molecular weight excluding hydrogens is 292 g/mol. The van der Waals surface area contributed by atoms with Gasteiger partial charge >= 0.3 is 0 Å². The molecule has 118 valence electrons. The van der Waals surface area contributed by atoms with Crippen LogP contribution < -0.4 is 14.8 Å². The molecular formula is C14H22N2O4S. The normalized spacial score (nSPS) is 16.7. The highest BCUT2D eigenvalue weighted by molar-refractivity contribution is 7.89. The fourth-order valence-corrected chi connectivity index (χ4v) is 3.38. The van der Waals surface area contributed by atoms with Gasteiger partial charge in [0.2, 0.25) is 10.0 Å². The van der Waals surface area contributed by atoms with Crippen molar-refractivity contribution in [2.24, 2.45) is 0 Å². The van der Waals surface area contributed by atoms with Gasteiger partial charge in [-0.05, 0) is 31.0 Å². The summed E-state index contributed by atoms with van der Waals surface area (Å²) < 4.78 is 32.4. The molecule has 0 bridgehead atoms. The van der Waals surface area contributed by atoms with Gasteiger partial charge in [0.15, 0.2) is 0 Å². The van der Waals surface area contributed by atoms with Gasteiger partial charge in [0.05, 0.1) is 23.7 Å². The maximum absolute atomic E-state index is 12.0. The molecule has 7 heteroatoms. The van der Waals surface area contributed by atoms with E-state index in [-0.39, 0.29) is 23.6 Å². The number of sulfonamides is 1. The van der Waals surface area contributed by atoms with E-state index in [1.54, 1.807) is 12.1 Å². The summed E-state index contributed by atoms with van der Waals surface area (Å²) in [5.74, 6) is 0.672. The summed E-state index contributed by atoms with van der Waals surface area (Å²) in [6.45, 7) is 4.57. The highest BCUT2D eigenvalue weighted by Gasteiger charge is 2.33. The molecule has 0 unspecified atom stereocenters. The number of fused-ring (bicyclic) bond motifs is 1. The number of hydrogen-bond donors (Lipinski definition) is 3. The van der Waals surface area contributed by atoms with Crippen LogP contribution >= 0.6 is 0 Å².